The number of rotatable bonds is 3. The number of hydrogen-bond donors (Lipinski definition) is 0. The van der Waals surface area contributed by atoms with Gasteiger partial charge in [0.2, 0.25) is 5.91 Å². The quantitative estimate of drug-likeness (QED) is 0.703. The van der Waals surface area contributed by atoms with Gasteiger partial charge in [-0.3, -0.25) is 4.79 Å². The number of fused-ring (bicyclic) bond motifs is 1. The highest BCUT2D eigenvalue weighted by Crippen LogP contribution is 2.32. The second-order valence-corrected chi connectivity index (χ2v) is 8.26. The van der Waals surface area contributed by atoms with Gasteiger partial charge in [0.05, 0.1) is 5.69 Å². The van der Waals surface area contributed by atoms with Gasteiger partial charge in [0, 0.05) is 44.0 Å². The van der Waals surface area contributed by atoms with Crippen LogP contribution in [0.2, 0.25) is 0 Å². The van der Waals surface area contributed by atoms with Crippen molar-refractivity contribution in [2.24, 2.45) is 5.92 Å². The lowest BCUT2D eigenvalue weighted by Crippen LogP contribution is -2.40. The SMILES string of the molecule is CN(C)C(=O)C1CCN(c2nc3ccc(-c4ccsc4)nc3s2)CC1. The van der Waals surface area contributed by atoms with Crippen molar-refractivity contribution in [3.05, 3.63) is 29.0 Å². The number of carbonyl (C=O) groups excluding carboxylic acids is 1. The van der Waals surface area contributed by atoms with E-state index in [-0.39, 0.29) is 11.8 Å². The van der Waals surface area contributed by atoms with E-state index in [4.69, 9.17) is 9.97 Å². The van der Waals surface area contributed by atoms with Crippen molar-refractivity contribution in [2.45, 2.75) is 12.8 Å². The van der Waals surface area contributed by atoms with Crippen molar-refractivity contribution < 1.29 is 4.79 Å². The molecule has 0 N–H and O–H groups in total. The fourth-order valence-electron chi connectivity index (χ4n) is 3.19. The number of piperidine rings is 1. The lowest BCUT2D eigenvalue weighted by atomic mass is 9.96. The molecule has 0 aliphatic carbocycles. The zero-order valence-electron chi connectivity index (χ0n) is 14.3. The van der Waals surface area contributed by atoms with Gasteiger partial charge in [-0.2, -0.15) is 11.3 Å². The third-order valence-corrected chi connectivity index (χ3v) is 6.33. The maximum Gasteiger partial charge on any atom is 0.225 e. The van der Waals surface area contributed by atoms with Gasteiger partial charge in [0.1, 0.15) is 10.3 Å². The van der Waals surface area contributed by atoms with E-state index in [0.29, 0.717) is 0 Å². The van der Waals surface area contributed by atoms with E-state index >= 15 is 0 Å². The third kappa shape index (κ3) is 3.26. The van der Waals surface area contributed by atoms with Crippen LogP contribution in [-0.2, 0) is 4.79 Å². The molecule has 3 aromatic rings. The fraction of sp³-hybridized carbons (Fsp3) is 0.389. The van der Waals surface area contributed by atoms with Crippen LogP contribution in [0.5, 0.6) is 0 Å². The Labute approximate surface area is 154 Å². The summed E-state index contributed by atoms with van der Waals surface area (Å²) in [6, 6.07) is 6.18. The first-order valence-electron chi connectivity index (χ1n) is 8.38. The average molecular weight is 373 g/mol. The highest BCUT2D eigenvalue weighted by Gasteiger charge is 2.27. The summed E-state index contributed by atoms with van der Waals surface area (Å²) in [6.07, 6.45) is 1.78. The van der Waals surface area contributed by atoms with Crippen LogP contribution in [0.15, 0.2) is 29.0 Å². The zero-order chi connectivity index (χ0) is 17.4. The fourth-order valence-corrected chi connectivity index (χ4v) is 4.84. The van der Waals surface area contributed by atoms with E-state index in [0.717, 1.165) is 52.7 Å². The molecule has 25 heavy (non-hydrogen) atoms. The number of thiazole rings is 1. The van der Waals surface area contributed by atoms with E-state index in [1.807, 2.05) is 20.2 Å². The Bertz CT molecular complexity index is 880. The minimum absolute atomic E-state index is 0.143. The number of anilines is 1. The second-order valence-electron chi connectivity index (χ2n) is 6.52. The molecule has 3 aromatic heterocycles. The van der Waals surface area contributed by atoms with Crippen LogP contribution in [0.3, 0.4) is 0 Å². The molecule has 1 aliphatic heterocycles. The first-order chi connectivity index (χ1) is 12.1. The Balaban J connectivity index is 1.52. The third-order valence-electron chi connectivity index (χ3n) is 4.62. The summed E-state index contributed by atoms with van der Waals surface area (Å²) in [6.45, 7) is 1.75. The van der Waals surface area contributed by atoms with E-state index in [9.17, 15) is 4.79 Å². The van der Waals surface area contributed by atoms with Crippen molar-refractivity contribution >= 4 is 44.1 Å². The molecular weight excluding hydrogens is 352 g/mol. The summed E-state index contributed by atoms with van der Waals surface area (Å²) >= 11 is 3.32. The number of thiophene rings is 1. The predicted molar refractivity (Wildman–Crippen MR) is 104 cm³/mol. The van der Waals surface area contributed by atoms with Crippen LogP contribution in [0, 0.1) is 5.92 Å². The summed E-state index contributed by atoms with van der Waals surface area (Å²) in [7, 11) is 3.66. The van der Waals surface area contributed by atoms with Gasteiger partial charge in [0.25, 0.3) is 0 Å². The van der Waals surface area contributed by atoms with Crippen molar-refractivity contribution in [2.75, 3.05) is 32.1 Å². The minimum Gasteiger partial charge on any atom is -0.349 e. The van der Waals surface area contributed by atoms with Gasteiger partial charge in [-0.1, -0.05) is 11.3 Å². The van der Waals surface area contributed by atoms with Gasteiger partial charge in [0.15, 0.2) is 5.13 Å². The van der Waals surface area contributed by atoms with Gasteiger partial charge in [-0.25, -0.2) is 9.97 Å². The van der Waals surface area contributed by atoms with Crippen LogP contribution in [-0.4, -0.2) is 48.0 Å². The number of aromatic nitrogens is 2. The smallest absolute Gasteiger partial charge is 0.225 e. The van der Waals surface area contributed by atoms with Crippen LogP contribution in [0.1, 0.15) is 12.8 Å². The summed E-state index contributed by atoms with van der Waals surface area (Å²) in [5.41, 5.74) is 3.11. The van der Waals surface area contributed by atoms with Crippen LogP contribution in [0.4, 0.5) is 5.13 Å². The van der Waals surface area contributed by atoms with E-state index in [1.165, 1.54) is 0 Å². The molecule has 1 aliphatic rings. The van der Waals surface area contributed by atoms with Crippen LogP contribution < -0.4 is 4.90 Å². The van der Waals surface area contributed by atoms with Gasteiger partial charge >= 0.3 is 0 Å². The number of hydrogen-bond acceptors (Lipinski definition) is 6. The molecule has 1 amide bonds. The Kier molecular flexibility index (Phi) is 4.43. The molecule has 0 aromatic carbocycles. The second kappa shape index (κ2) is 6.72. The van der Waals surface area contributed by atoms with Crippen LogP contribution >= 0.6 is 22.7 Å². The van der Waals surface area contributed by atoms with E-state index in [1.54, 1.807) is 27.6 Å². The molecule has 1 saturated heterocycles. The summed E-state index contributed by atoms with van der Waals surface area (Å²) in [4.78, 5) is 26.6. The first kappa shape index (κ1) is 16.5. The summed E-state index contributed by atoms with van der Waals surface area (Å²) in [5.74, 6) is 0.384. The molecule has 7 heteroatoms. The largest absolute Gasteiger partial charge is 0.349 e. The Morgan fingerprint density at radius 3 is 2.68 bits per heavy atom. The summed E-state index contributed by atoms with van der Waals surface area (Å²) in [5, 5.41) is 5.20. The van der Waals surface area contributed by atoms with Crippen molar-refractivity contribution in [1.82, 2.24) is 14.9 Å². The molecule has 130 valence electrons. The molecule has 0 radical (unpaired) electrons. The molecule has 0 bridgehead atoms. The molecule has 4 heterocycles. The van der Waals surface area contributed by atoms with E-state index < -0.39 is 0 Å². The number of carbonyl (C=O) groups is 1. The Morgan fingerprint density at radius 1 is 1.20 bits per heavy atom. The van der Waals surface area contributed by atoms with E-state index in [2.05, 4.69) is 27.8 Å². The molecule has 0 saturated carbocycles. The maximum absolute atomic E-state index is 12.1. The standard InChI is InChI=1S/C18H20N4OS2/c1-21(2)17(23)12-5-8-22(9-6-12)18-20-15-4-3-14(19-16(15)25-18)13-7-10-24-11-13/h3-4,7,10-12H,5-6,8-9H2,1-2H3. The Morgan fingerprint density at radius 2 is 2.00 bits per heavy atom. The van der Waals surface area contributed by atoms with Crippen LogP contribution in [0.25, 0.3) is 21.6 Å². The highest BCUT2D eigenvalue weighted by molar-refractivity contribution is 7.21. The highest BCUT2D eigenvalue weighted by atomic mass is 32.1. The topological polar surface area (TPSA) is 49.3 Å². The molecule has 0 atom stereocenters. The molecule has 5 nitrogen and oxygen atoms in total. The lowest BCUT2D eigenvalue weighted by molar-refractivity contribution is -0.133. The normalized spacial score (nSPS) is 15.7. The average Bonchev–Trinajstić information content (AvgIpc) is 3.30. The Hall–Kier alpha value is -1.99. The maximum atomic E-state index is 12.1. The van der Waals surface area contributed by atoms with Crippen molar-refractivity contribution in [3.8, 4) is 11.3 Å². The van der Waals surface area contributed by atoms with Gasteiger partial charge < -0.3 is 9.80 Å². The lowest BCUT2D eigenvalue weighted by Gasteiger charge is -2.32. The molecule has 0 unspecified atom stereocenters. The molecule has 4 rings (SSSR count). The number of pyridine rings is 1. The first-order valence-corrected chi connectivity index (χ1v) is 10.1. The van der Waals surface area contributed by atoms with Gasteiger partial charge in [-0.15, -0.1) is 0 Å². The van der Waals surface area contributed by atoms with Crippen molar-refractivity contribution in [3.63, 3.8) is 0 Å². The molecule has 0 spiro atoms. The monoisotopic (exact) mass is 372 g/mol. The number of amides is 1. The molecular formula is C18H20N4OS2. The van der Waals surface area contributed by atoms with Crippen molar-refractivity contribution in [1.29, 1.82) is 0 Å². The number of nitrogens with zero attached hydrogens (tertiary/aromatic N) is 4. The van der Waals surface area contributed by atoms with Gasteiger partial charge in [-0.05, 0) is 36.4 Å². The predicted octanol–water partition coefficient (Wildman–Crippen LogP) is 3.72. The summed E-state index contributed by atoms with van der Waals surface area (Å²) < 4.78 is 0. The minimum atomic E-state index is 0.143. The molecule has 1 fully saturated rings. The zero-order valence-corrected chi connectivity index (χ0v) is 15.9.